The highest BCUT2D eigenvalue weighted by Gasteiger charge is 2.21. The molecule has 0 aromatic heterocycles. The molecule has 0 amide bonds. The SMILES string of the molecule is OCCC1CCCN(c2ccc(F)cc2CO)C1. The van der Waals surface area contributed by atoms with E-state index < -0.39 is 0 Å². The largest absolute Gasteiger partial charge is 0.396 e. The van der Waals surface area contributed by atoms with Crippen LogP contribution < -0.4 is 4.90 Å². The van der Waals surface area contributed by atoms with Crippen LogP contribution in [0.3, 0.4) is 0 Å². The van der Waals surface area contributed by atoms with Gasteiger partial charge in [-0.3, -0.25) is 0 Å². The first-order valence-electron chi connectivity index (χ1n) is 6.49. The minimum Gasteiger partial charge on any atom is -0.396 e. The van der Waals surface area contributed by atoms with Crippen molar-refractivity contribution >= 4 is 5.69 Å². The van der Waals surface area contributed by atoms with Crippen LogP contribution in [0.15, 0.2) is 18.2 Å². The maximum atomic E-state index is 13.1. The van der Waals surface area contributed by atoms with Crippen LogP contribution in [0.2, 0.25) is 0 Å². The Morgan fingerprint density at radius 2 is 2.17 bits per heavy atom. The molecule has 1 aromatic carbocycles. The van der Waals surface area contributed by atoms with Gasteiger partial charge in [0, 0.05) is 30.9 Å². The molecule has 0 bridgehead atoms. The Balaban J connectivity index is 2.15. The van der Waals surface area contributed by atoms with Gasteiger partial charge in [0.15, 0.2) is 0 Å². The number of benzene rings is 1. The first kappa shape index (κ1) is 13.3. The summed E-state index contributed by atoms with van der Waals surface area (Å²) in [5.74, 6) is 0.173. The molecule has 0 spiro atoms. The minimum atomic E-state index is -0.313. The number of halogens is 1. The molecule has 0 aliphatic carbocycles. The van der Waals surface area contributed by atoms with Gasteiger partial charge in [-0.15, -0.1) is 0 Å². The molecule has 1 fully saturated rings. The zero-order chi connectivity index (χ0) is 13.0. The van der Waals surface area contributed by atoms with Crippen molar-refractivity contribution < 1.29 is 14.6 Å². The summed E-state index contributed by atoms with van der Waals surface area (Å²) in [6.45, 7) is 1.88. The fourth-order valence-electron chi connectivity index (χ4n) is 2.69. The van der Waals surface area contributed by atoms with Gasteiger partial charge < -0.3 is 15.1 Å². The molecule has 3 nitrogen and oxygen atoms in total. The van der Waals surface area contributed by atoms with Crippen molar-refractivity contribution in [3.8, 4) is 0 Å². The van der Waals surface area contributed by atoms with E-state index in [9.17, 15) is 9.50 Å². The van der Waals surface area contributed by atoms with Crippen molar-refractivity contribution in [3.63, 3.8) is 0 Å². The molecule has 1 aliphatic rings. The van der Waals surface area contributed by atoms with E-state index in [1.807, 2.05) is 0 Å². The zero-order valence-corrected chi connectivity index (χ0v) is 10.5. The van der Waals surface area contributed by atoms with Crippen LogP contribution in [-0.2, 0) is 6.61 Å². The normalized spacial score (nSPS) is 20.2. The first-order valence-corrected chi connectivity index (χ1v) is 6.49. The summed E-state index contributed by atoms with van der Waals surface area (Å²) in [6, 6.07) is 4.57. The smallest absolute Gasteiger partial charge is 0.123 e. The second-order valence-electron chi connectivity index (χ2n) is 4.90. The fourth-order valence-corrected chi connectivity index (χ4v) is 2.69. The number of aliphatic hydroxyl groups is 2. The molecule has 1 heterocycles. The van der Waals surface area contributed by atoms with Crippen molar-refractivity contribution in [1.29, 1.82) is 0 Å². The lowest BCUT2D eigenvalue weighted by molar-refractivity contribution is 0.243. The Bertz CT molecular complexity index is 395. The van der Waals surface area contributed by atoms with E-state index >= 15 is 0 Å². The Kier molecular flexibility index (Phi) is 4.55. The van der Waals surface area contributed by atoms with Gasteiger partial charge >= 0.3 is 0 Å². The van der Waals surface area contributed by atoms with E-state index in [1.165, 1.54) is 12.1 Å². The number of piperidine rings is 1. The summed E-state index contributed by atoms with van der Waals surface area (Å²) in [7, 11) is 0. The Morgan fingerprint density at radius 3 is 2.89 bits per heavy atom. The summed E-state index contributed by atoms with van der Waals surface area (Å²) < 4.78 is 13.1. The number of aliphatic hydroxyl groups excluding tert-OH is 2. The van der Waals surface area contributed by atoms with E-state index in [4.69, 9.17) is 5.11 Å². The van der Waals surface area contributed by atoms with E-state index in [1.54, 1.807) is 6.07 Å². The average Bonchev–Trinajstić information content (AvgIpc) is 2.39. The van der Waals surface area contributed by atoms with Crippen molar-refractivity contribution in [2.75, 3.05) is 24.6 Å². The van der Waals surface area contributed by atoms with Crippen LogP contribution in [0.4, 0.5) is 10.1 Å². The Labute approximate surface area is 107 Å². The highest BCUT2D eigenvalue weighted by molar-refractivity contribution is 5.54. The summed E-state index contributed by atoms with van der Waals surface area (Å²) in [5.41, 5.74) is 1.56. The van der Waals surface area contributed by atoms with E-state index in [0.717, 1.165) is 38.0 Å². The third-order valence-corrected chi connectivity index (χ3v) is 3.61. The summed E-state index contributed by atoms with van der Waals surface area (Å²) in [4.78, 5) is 2.19. The molecule has 100 valence electrons. The highest BCUT2D eigenvalue weighted by Crippen LogP contribution is 2.28. The predicted molar refractivity (Wildman–Crippen MR) is 69.0 cm³/mol. The average molecular weight is 253 g/mol. The Morgan fingerprint density at radius 1 is 1.33 bits per heavy atom. The molecular formula is C14H20FNO2. The maximum absolute atomic E-state index is 13.1. The number of hydrogen-bond acceptors (Lipinski definition) is 3. The predicted octanol–water partition coefficient (Wildman–Crippen LogP) is 1.92. The van der Waals surface area contributed by atoms with Gasteiger partial charge in [-0.1, -0.05) is 0 Å². The number of rotatable bonds is 4. The molecule has 18 heavy (non-hydrogen) atoms. The van der Waals surface area contributed by atoms with Crippen molar-refractivity contribution in [3.05, 3.63) is 29.6 Å². The van der Waals surface area contributed by atoms with Gasteiger partial charge in [-0.25, -0.2) is 4.39 Å². The van der Waals surface area contributed by atoms with E-state index in [-0.39, 0.29) is 19.0 Å². The summed E-state index contributed by atoms with van der Waals surface area (Å²) in [5, 5.41) is 18.3. The van der Waals surface area contributed by atoms with Crippen LogP contribution >= 0.6 is 0 Å². The topological polar surface area (TPSA) is 43.7 Å². The van der Waals surface area contributed by atoms with Crippen LogP contribution in [0, 0.1) is 11.7 Å². The molecule has 2 rings (SSSR count). The van der Waals surface area contributed by atoms with E-state index in [2.05, 4.69) is 4.90 Å². The molecule has 1 unspecified atom stereocenters. The quantitative estimate of drug-likeness (QED) is 0.861. The molecule has 1 aromatic rings. The lowest BCUT2D eigenvalue weighted by atomic mass is 9.94. The second-order valence-corrected chi connectivity index (χ2v) is 4.90. The lowest BCUT2D eigenvalue weighted by Crippen LogP contribution is -2.36. The maximum Gasteiger partial charge on any atom is 0.123 e. The molecule has 4 heteroatoms. The number of anilines is 1. The zero-order valence-electron chi connectivity index (χ0n) is 10.5. The van der Waals surface area contributed by atoms with Crippen LogP contribution in [0.5, 0.6) is 0 Å². The Hall–Kier alpha value is -1.13. The van der Waals surface area contributed by atoms with Crippen LogP contribution in [0.25, 0.3) is 0 Å². The molecule has 1 atom stereocenters. The van der Waals surface area contributed by atoms with Crippen LogP contribution in [0.1, 0.15) is 24.8 Å². The molecule has 2 N–H and O–H groups in total. The monoisotopic (exact) mass is 253 g/mol. The van der Waals surface area contributed by atoms with Gasteiger partial charge in [-0.2, -0.15) is 0 Å². The summed E-state index contributed by atoms with van der Waals surface area (Å²) in [6.07, 6.45) is 3.02. The molecule has 1 aliphatic heterocycles. The highest BCUT2D eigenvalue weighted by atomic mass is 19.1. The molecule has 0 saturated carbocycles. The number of hydrogen-bond donors (Lipinski definition) is 2. The fraction of sp³-hybridized carbons (Fsp3) is 0.571. The lowest BCUT2D eigenvalue weighted by Gasteiger charge is -2.35. The van der Waals surface area contributed by atoms with Crippen molar-refractivity contribution in [2.24, 2.45) is 5.92 Å². The third kappa shape index (κ3) is 3.00. The molecular weight excluding hydrogens is 233 g/mol. The minimum absolute atomic E-state index is 0.145. The van der Waals surface area contributed by atoms with Gasteiger partial charge in [0.2, 0.25) is 0 Å². The van der Waals surface area contributed by atoms with Crippen molar-refractivity contribution in [2.45, 2.75) is 25.9 Å². The first-order chi connectivity index (χ1) is 8.74. The van der Waals surface area contributed by atoms with Gasteiger partial charge in [0.25, 0.3) is 0 Å². The standard InChI is InChI=1S/C14H20FNO2/c15-13-3-4-14(12(8-13)10-18)16-6-1-2-11(9-16)5-7-17/h3-4,8,11,17-18H,1-2,5-7,9-10H2. The third-order valence-electron chi connectivity index (χ3n) is 3.61. The molecule has 0 radical (unpaired) electrons. The number of nitrogens with zero attached hydrogens (tertiary/aromatic N) is 1. The van der Waals surface area contributed by atoms with Gasteiger partial charge in [0.05, 0.1) is 6.61 Å². The van der Waals surface area contributed by atoms with Crippen LogP contribution in [-0.4, -0.2) is 29.9 Å². The second kappa shape index (κ2) is 6.16. The van der Waals surface area contributed by atoms with Gasteiger partial charge in [0.1, 0.15) is 5.82 Å². The summed E-state index contributed by atoms with van der Waals surface area (Å²) >= 11 is 0. The molecule has 1 saturated heterocycles. The van der Waals surface area contributed by atoms with Gasteiger partial charge in [-0.05, 0) is 43.4 Å². The van der Waals surface area contributed by atoms with Crippen molar-refractivity contribution in [1.82, 2.24) is 0 Å². The van der Waals surface area contributed by atoms with E-state index in [0.29, 0.717) is 11.5 Å².